The van der Waals surface area contributed by atoms with Crippen LogP contribution >= 0.6 is 11.8 Å². The van der Waals surface area contributed by atoms with Crippen LogP contribution in [0.3, 0.4) is 0 Å². The second kappa shape index (κ2) is 8.53. The van der Waals surface area contributed by atoms with Crippen molar-refractivity contribution in [2.75, 3.05) is 19.7 Å². The third-order valence-corrected chi connectivity index (χ3v) is 5.65. The van der Waals surface area contributed by atoms with Gasteiger partial charge >= 0.3 is 0 Å². The van der Waals surface area contributed by atoms with E-state index in [1.807, 2.05) is 11.8 Å². The largest absolute Gasteiger partial charge is 0.374 e. The van der Waals surface area contributed by atoms with Crippen LogP contribution in [-0.2, 0) is 11.2 Å². The van der Waals surface area contributed by atoms with Crippen LogP contribution in [0.5, 0.6) is 0 Å². The molecule has 1 saturated heterocycles. The van der Waals surface area contributed by atoms with Crippen LogP contribution in [0.25, 0.3) is 0 Å². The monoisotopic (exact) mass is 327 g/mol. The van der Waals surface area contributed by atoms with Crippen molar-refractivity contribution in [2.45, 2.75) is 36.0 Å². The summed E-state index contributed by atoms with van der Waals surface area (Å²) in [4.78, 5) is 1.39. The second-order valence-electron chi connectivity index (χ2n) is 5.92. The highest BCUT2D eigenvalue weighted by Crippen LogP contribution is 2.40. The Hall–Kier alpha value is -1.29. The minimum Gasteiger partial charge on any atom is -0.374 e. The van der Waals surface area contributed by atoms with Gasteiger partial charge in [-0.25, -0.2) is 0 Å². The first-order valence-corrected chi connectivity index (χ1v) is 9.38. The van der Waals surface area contributed by atoms with E-state index >= 15 is 0 Å². The predicted molar refractivity (Wildman–Crippen MR) is 98.1 cm³/mol. The van der Waals surface area contributed by atoms with Gasteiger partial charge in [-0.15, -0.1) is 11.8 Å². The summed E-state index contributed by atoms with van der Waals surface area (Å²) in [7, 11) is 0. The fourth-order valence-corrected chi connectivity index (χ4v) is 4.38. The zero-order valence-electron chi connectivity index (χ0n) is 13.7. The Balaban J connectivity index is 1.86. The van der Waals surface area contributed by atoms with Crippen LogP contribution in [0, 0.1) is 0 Å². The number of rotatable bonds is 6. The maximum absolute atomic E-state index is 6.08. The van der Waals surface area contributed by atoms with E-state index in [2.05, 4.69) is 66.8 Å². The highest BCUT2D eigenvalue weighted by Gasteiger charge is 2.27. The fraction of sp³-hybridized carbons (Fsp3) is 0.400. The van der Waals surface area contributed by atoms with E-state index in [1.165, 1.54) is 22.4 Å². The molecular formula is C20H25NOS. The van der Waals surface area contributed by atoms with Gasteiger partial charge in [0.2, 0.25) is 0 Å². The number of hydrogen-bond donors (Lipinski definition) is 1. The Morgan fingerprint density at radius 1 is 1.13 bits per heavy atom. The maximum Gasteiger partial charge on any atom is 0.0862 e. The van der Waals surface area contributed by atoms with Crippen molar-refractivity contribution in [1.29, 1.82) is 0 Å². The Morgan fingerprint density at radius 3 is 2.65 bits per heavy atom. The molecule has 0 radical (unpaired) electrons. The molecule has 1 unspecified atom stereocenters. The molecule has 1 aliphatic rings. The van der Waals surface area contributed by atoms with Crippen molar-refractivity contribution in [3.63, 3.8) is 0 Å². The molecule has 1 heterocycles. The Labute approximate surface area is 143 Å². The van der Waals surface area contributed by atoms with Gasteiger partial charge in [-0.2, -0.15) is 0 Å². The average molecular weight is 327 g/mol. The van der Waals surface area contributed by atoms with Crippen LogP contribution in [0.2, 0.25) is 0 Å². The first kappa shape index (κ1) is 16.6. The number of nitrogens with one attached hydrogen (secondary N) is 1. The van der Waals surface area contributed by atoms with E-state index < -0.39 is 0 Å². The molecule has 2 aromatic carbocycles. The smallest absolute Gasteiger partial charge is 0.0862 e. The lowest BCUT2D eigenvalue weighted by Crippen LogP contribution is -2.41. The Kier molecular flexibility index (Phi) is 6.14. The van der Waals surface area contributed by atoms with Crippen molar-refractivity contribution in [3.8, 4) is 0 Å². The minimum atomic E-state index is 0.214. The standard InChI is InChI=1S/C20H25NOS/c1-2-8-16-9-6-7-12-19(16)23-20(17-10-4-3-5-11-17)18-15-21-13-14-22-18/h3-7,9-12,18,20-21H,2,8,13-15H2,1H3/t18-,20?/m0/s1. The summed E-state index contributed by atoms with van der Waals surface area (Å²) >= 11 is 1.95. The minimum absolute atomic E-state index is 0.214. The quantitative estimate of drug-likeness (QED) is 0.792. The fourth-order valence-electron chi connectivity index (χ4n) is 3.01. The third kappa shape index (κ3) is 4.37. The molecule has 0 spiro atoms. The summed E-state index contributed by atoms with van der Waals surface area (Å²) in [5.41, 5.74) is 2.79. The zero-order chi connectivity index (χ0) is 15.9. The molecule has 3 heteroatoms. The number of hydrogen-bond acceptors (Lipinski definition) is 3. The van der Waals surface area contributed by atoms with E-state index in [0.29, 0.717) is 5.25 Å². The van der Waals surface area contributed by atoms with E-state index in [1.54, 1.807) is 0 Å². The first-order valence-electron chi connectivity index (χ1n) is 8.50. The molecule has 2 aromatic rings. The number of ether oxygens (including phenoxy) is 1. The second-order valence-corrected chi connectivity index (χ2v) is 7.10. The van der Waals surface area contributed by atoms with Gasteiger partial charge in [-0.1, -0.05) is 61.9 Å². The summed E-state index contributed by atoms with van der Waals surface area (Å²) < 4.78 is 6.08. The lowest BCUT2D eigenvalue weighted by atomic mass is 10.1. The zero-order valence-corrected chi connectivity index (χ0v) is 14.5. The van der Waals surface area contributed by atoms with Gasteiger partial charge in [0.1, 0.15) is 0 Å². The van der Waals surface area contributed by atoms with Gasteiger partial charge in [0.05, 0.1) is 18.0 Å². The van der Waals surface area contributed by atoms with Crippen molar-refractivity contribution >= 4 is 11.8 Å². The highest BCUT2D eigenvalue weighted by molar-refractivity contribution is 7.99. The van der Waals surface area contributed by atoms with E-state index in [9.17, 15) is 0 Å². The molecule has 2 nitrogen and oxygen atoms in total. The molecule has 0 amide bonds. The molecule has 0 saturated carbocycles. The van der Waals surface area contributed by atoms with Gasteiger partial charge in [0.25, 0.3) is 0 Å². The van der Waals surface area contributed by atoms with Crippen LogP contribution in [-0.4, -0.2) is 25.8 Å². The predicted octanol–water partition coefficient (Wildman–Crippen LogP) is 4.46. The van der Waals surface area contributed by atoms with Crippen molar-refractivity contribution in [1.82, 2.24) is 5.32 Å². The van der Waals surface area contributed by atoms with Gasteiger partial charge in [-0.3, -0.25) is 0 Å². The first-order chi connectivity index (χ1) is 11.4. The number of benzene rings is 2. The maximum atomic E-state index is 6.08. The van der Waals surface area contributed by atoms with Crippen LogP contribution in [0.4, 0.5) is 0 Å². The summed E-state index contributed by atoms with van der Waals surface area (Å²) in [5, 5.41) is 3.79. The van der Waals surface area contributed by atoms with Crippen LogP contribution < -0.4 is 5.32 Å². The molecule has 0 bridgehead atoms. The lowest BCUT2D eigenvalue weighted by molar-refractivity contribution is 0.0273. The normalized spacial score (nSPS) is 19.4. The Morgan fingerprint density at radius 2 is 1.91 bits per heavy atom. The molecule has 122 valence electrons. The van der Waals surface area contributed by atoms with Crippen LogP contribution in [0.1, 0.15) is 29.7 Å². The average Bonchev–Trinajstić information content (AvgIpc) is 2.63. The van der Waals surface area contributed by atoms with Gasteiger partial charge in [0, 0.05) is 18.0 Å². The molecule has 0 aliphatic carbocycles. The van der Waals surface area contributed by atoms with E-state index in [4.69, 9.17) is 4.74 Å². The molecule has 0 aromatic heterocycles. The van der Waals surface area contributed by atoms with Gasteiger partial charge in [-0.05, 0) is 23.6 Å². The van der Waals surface area contributed by atoms with Gasteiger partial charge in [0.15, 0.2) is 0 Å². The topological polar surface area (TPSA) is 21.3 Å². The molecular weight excluding hydrogens is 302 g/mol. The third-order valence-electron chi connectivity index (χ3n) is 4.17. The molecule has 1 aliphatic heterocycles. The molecule has 1 N–H and O–H groups in total. The number of morpholine rings is 1. The van der Waals surface area contributed by atoms with Crippen molar-refractivity contribution in [2.24, 2.45) is 0 Å². The van der Waals surface area contributed by atoms with E-state index in [0.717, 1.165) is 26.1 Å². The summed E-state index contributed by atoms with van der Waals surface area (Å²) in [5.74, 6) is 0. The van der Waals surface area contributed by atoms with E-state index in [-0.39, 0.29) is 6.10 Å². The molecule has 23 heavy (non-hydrogen) atoms. The number of aryl methyl sites for hydroxylation is 1. The van der Waals surface area contributed by atoms with Crippen molar-refractivity contribution < 1.29 is 4.74 Å². The number of thioether (sulfide) groups is 1. The summed E-state index contributed by atoms with van der Waals surface area (Å²) in [6.45, 7) is 4.91. The molecule has 3 rings (SSSR count). The SMILES string of the molecule is CCCc1ccccc1SC(c1ccccc1)[C@@H]1CNCCO1. The van der Waals surface area contributed by atoms with Gasteiger partial charge < -0.3 is 10.1 Å². The molecule has 1 fully saturated rings. The summed E-state index contributed by atoms with van der Waals surface area (Å²) in [6.07, 6.45) is 2.52. The lowest BCUT2D eigenvalue weighted by Gasteiger charge is -2.31. The van der Waals surface area contributed by atoms with Crippen molar-refractivity contribution in [3.05, 3.63) is 65.7 Å². The summed E-state index contributed by atoms with van der Waals surface area (Å²) in [6, 6.07) is 19.6. The molecule has 2 atom stereocenters. The van der Waals surface area contributed by atoms with Crippen LogP contribution in [0.15, 0.2) is 59.5 Å². The Bertz CT molecular complexity index is 596. The highest BCUT2D eigenvalue weighted by atomic mass is 32.2.